The molecular weight excluding hydrogens is 392 g/mol. The Kier molecular flexibility index (Phi) is 5.72. The molecule has 5 heteroatoms. The lowest BCUT2D eigenvalue weighted by Gasteiger charge is -2.10. The normalized spacial score (nSPS) is 12.0. The highest BCUT2D eigenvalue weighted by Crippen LogP contribution is 2.22. The molecular formula is C25H20N2O2S. The number of hydrogen-bond donors (Lipinski definition) is 0. The molecule has 2 aromatic heterocycles. The van der Waals surface area contributed by atoms with Crippen LogP contribution in [0.15, 0.2) is 102 Å². The van der Waals surface area contributed by atoms with Crippen LogP contribution in [0.5, 0.6) is 0 Å². The molecule has 0 spiro atoms. The van der Waals surface area contributed by atoms with Crippen molar-refractivity contribution in [2.24, 2.45) is 0 Å². The van der Waals surface area contributed by atoms with Gasteiger partial charge in [0.15, 0.2) is 5.03 Å². The van der Waals surface area contributed by atoms with E-state index >= 15 is 0 Å². The smallest absolute Gasteiger partial charge is 0.243 e. The summed E-state index contributed by atoms with van der Waals surface area (Å²) in [6.07, 6.45) is 8.87. The number of nitrogens with zero attached hydrogens (tertiary/aromatic N) is 2. The van der Waals surface area contributed by atoms with Gasteiger partial charge in [-0.25, -0.2) is 8.96 Å². The first-order valence-electron chi connectivity index (χ1n) is 9.49. The zero-order chi connectivity index (χ0) is 20.8. The Bertz CT molecular complexity index is 1210. The molecule has 0 unspecified atom stereocenters. The summed E-state index contributed by atoms with van der Waals surface area (Å²) in [5.74, 6) is 0. The van der Waals surface area contributed by atoms with Crippen LogP contribution in [0.2, 0.25) is 0 Å². The van der Waals surface area contributed by atoms with Gasteiger partial charge >= 0.3 is 0 Å². The lowest BCUT2D eigenvalue weighted by Crippen LogP contribution is -2.17. The predicted octanol–water partition coefficient (Wildman–Crippen LogP) is 5.46. The summed E-state index contributed by atoms with van der Waals surface area (Å²) < 4.78 is 28.1. The summed E-state index contributed by atoms with van der Waals surface area (Å²) in [6.45, 7) is 0. The Morgan fingerprint density at radius 3 is 1.57 bits per heavy atom. The number of hydrogen-bond acceptors (Lipinski definition) is 3. The second-order valence-electron chi connectivity index (χ2n) is 6.61. The molecule has 0 saturated heterocycles. The van der Waals surface area contributed by atoms with E-state index in [4.69, 9.17) is 0 Å². The molecule has 4 aromatic rings. The molecule has 0 aliphatic carbocycles. The summed E-state index contributed by atoms with van der Waals surface area (Å²) in [6, 6.07) is 28.0. The number of benzene rings is 2. The van der Waals surface area contributed by atoms with Crippen molar-refractivity contribution >= 4 is 34.3 Å². The van der Waals surface area contributed by atoms with Gasteiger partial charge in [-0.1, -0.05) is 78.9 Å². The van der Waals surface area contributed by atoms with Gasteiger partial charge in [0.05, 0.1) is 11.4 Å². The maximum absolute atomic E-state index is 13.4. The minimum atomic E-state index is -3.86. The van der Waals surface area contributed by atoms with Crippen LogP contribution in [0.1, 0.15) is 22.5 Å². The Labute approximate surface area is 176 Å². The quantitative estimate of drug-likeness (QED) is 0.422. The molecule has 0 N–H and O–H groups in total. The van der Waals surface area contributed by atoms with E-state index in [-0.39, 0.29) is 5.03 Å². The second-order valence-corrected chi connectivity index (χ2v) is 8.34. The fourth-order valence-electron chi connectivity index (χ4n) is 3.06. The minimum absolute atomic E-state index is 0.00456. The highest BCUT2D eigenvalue weighted by molar-refractivity contribution is 7.90. The van der Waals surface area contributed by atoms with Gasteiger partial charge in [0, 0.05) is 6.20 Å². The topological polar surface area (TPSA) is 52.0 Å². The molecule has 0 saturated carbocycles. The first-order chi connectivity index (χ1) is 14.6. The van der Waals surface area contributed by atoms with Crippen molar-refractivity contribution in [3.05, 3.63) is 120 Å². The second kappa shape index (κ2) is 8.76. The molecule has 0 bridgehead atoms. The van der Waals surface area contributed by atoms with Crippen molar-refractivity contribution in [2.45, 2.75) is 5.03 Å². The first kappa shape index (κ1) is 19.6. The molecule has 148 valence electrons. The Morgan fingerprint density at radius 2 is 1.10 bits per heavy atom. The van der Waals surface area contributed by atoms with Crippen LogP contribution >= 0.6 is 0 Å². The zero-order valence-electron chi connectivity index (χ0n) is 16.2. The molecule has 30 heavy (non-hydrogen) atoms. The molecule has 0 radical (unpaired) electrons. The van der Waals surface area contributed by atoms with E-state index < -0.39 is 10.0 Å². The first-order valence-corrected chi connectivity index (χ1v) is 10.9. The van der Waals surface area contributed by atoms with Crippen molar-refractivity contribution in [3.8, 4) is 0 Å². The average Bonchev–Trinajstić information content (AvgIpc) is 3.22. The third-order valence-corrected chi connectivity index (χ3v) is 6.20. The number of pyridine rings is 1. The van der Waals surface area contributed by atoms with E-state index in [0.29, 0.717) is 11.4 Å². The van der Waals surface area contributed by atoms with E-state index in [9.17, 15) is 8.42 Å². The van der Waals surface area contributed by atoms with Gasteiger partial charge in [-0.15, -0.1) is 0 Å². The molecule has 0 amide bonds. The number of aromatic nitrogens is 2. The maximum atomic E-state index is 13.4. The van der Waals surface area contributed by atoms with Crippen molar-refractivity contribution in [1.82, 2.24) is 8.96 Å². The summed E-state index contributed by atoms with van der Waals surface area (Å²) in [5.41, 5.74) is 3.08. The van der Waals surface area contributed by atoms with Crippen molar-refractivity contribution in [3.63, 3.8) is 0 Å². The molecule has 4 nitrogen and oxygen atoms in total. The van der Waals surface area contributed by atoms with Gasteiger partial charge in [-0.05, 0) is 47.5 Å². The Morgan fingerprint density at radius 1 is 0.600 bits per heavy atom. The zero-order valence-corrected chi connectivity index (χ0v) is 17.0. The van der Waals surface area contributed by atoms with Crippen molar-refractivity contribution in [1.29, 1.82) is 0 Å². The fraction of sp³-hybridized carbons (Fsp3) is 0. The molecule has 2 heterocycles. The Hall–Kier alpha value is -3.70. The van der Waals surface area contributed by atoms with Crippen molar-refractivity contribution < 1.29 is 8.42 Å². The third-order valence-electron chi connectivity index (χ3n) is 4.53. The number of rotatable bonds is 6. The third kappa shape index (κ3) is 4.31. The average molecular weight is 413 g/mol. The highest BCUT2D eigenvalue weighted by Gasteiger charge is 2.22. The largest absolute Gasteiger partial charge is 0.286 e. The van der Waals surface area contributed by atoms with Crippen LogP contribution in [0, 0.1) is 0 Å². The van der Waals surface area contributed by atoms with Crippen LogP contribution in [0.25, 0.3) is 24.3 Å². The van der Waals surface area contributed by atoms with E-state index in [1.807, 2.05) is 72.8 Å². The van der Waals surface area contributed by atoms with Gasteiger partial charge in [-0.3, -0.25) is 0 Å². The van der Waals surface area contributed by atoms with Gasteiger partial charge in [0.2, 0.25) is 0 Å². The van der Waals surface area contributed by atoms with Crippen LogP contribution < -0.4 is 0 Å². The van der Waals surface area contributed by atoms with E-state index in [2.05, 4.69) is 4.98 Å². The summed E-state index contributed by atoms with van der Waals surface area (Å²) in [5, 5.41) is 0.00456. The molecule has 0 aliphatic heterocycles. The van der Waals surface area contributed by atoms with Crippen LogP contribution in [0.4, 0.5) is 0 Å². The van der Waals surface area contributed by atoms with E-state index in [1.165, 1.54) is 16.2 Å². The predicted molar refractivity (Wildman–Crippen MR) is 122 cm³/mol. The molecule has 0 fully saturated rings. The minimum Gasteiger partial charge on any atom is -0.243 e. The summed E-state index contributed by atoms with van der Waals surface area (Å²) >= 11 is 0. The van der Waals surface area contributed by atoms with Crippen molar-refractivity contribution in [2.75, 3.05) is 0 Å². The lowest BCUT2D eigenvalue weighted by atomic mass is 10.2. The highest BCUT2D eigenvalue weighted by atomic mass is 32.2. The van der Waals surface area contributed by atoms with Gasteiger partial charge < -0.3 is 0 Å². The Balaban J connectivity index is 1.80. The molecule has 0 atom stereocenters. The van der Waals surface area contributed by atoms with Crippen LogP contribution in [0.3, 0.4) is 0 Å². The maximum Gasteiger partial charge on any atom is 0.286 e. The monoisotopic (exact) mass is 412 g/mol. The van der Waals surface area contributed by atoms with Gasteiger partial charge in [-0.2, -0.15) is 8.42 Å². The molecule has 4 rings (SSSR count). The fourth-order valence-corrected chi connectivity index (χ4v) is 4.49. The van der Waals surface area contributed by atoms with E-state index in [1.54, 1.807) is 36.4 Å². The standard InChI is InChI=1S/C25H20N2O2S/c28-30(29,25-13-7-8-20-26-25)27-23(16-14-21-9-3-1-4-10-21)18-19-24(27)17-15-22-11-5-2-6-12-22/h1-20H/b16-14+,17-15+. The van der Waals surface area contributed by atoms with Gasteiger partial charge in [0.1, 0.15) is 0 Å². The van der Waals surface area contributed by atoms with Crippen LogP contribution in [-0.2, 0) is 10.0 Å². The molecule has 0 aliphatic rings. The summed E-state index contributed by atoms with van der Waals surface area (Å²) in [4.78, 5) is 4.07. The van der Waals surface area contributed by atoms with E-state index in [0.717, 1.165) is 11.1 Å². The van der Waals surface area contributed by atoms with Crippen LogP contribution in [-0.4, -0.2) is 17.4 Å². The lowest BCUT2D eigenvalue weighted by molar-refractivity contribution is 0.583. The van der Waals surface area contributed by atoms with Gasteiger partial charge in [0.25, 0.3) is 10.0 Å². The SMILES string of the molecule is O=S(=O)(c1ccccn1)n1c(/C=C/c2ccccc2)ccc1/C=C/c1ccccc1. The molecule has 2 aromatic carbocycles. The summed E-state index contributed by atoms with van der Waals surface area (Å²) in [7, 11) is -3.86.